The van der Waals surface area contributed by atoms with Crippen molar-refractivity contribution in [1.29, 1.82) is 0 Å². The summed E-state index contributed by atoms with van der Waals surface area (Å²) in [6.07, 6.45) is 3.89. The summed E-state index contributed by atoms with van der Waals surface area (Å²) in [5.41, 5.74) is 2.48. The van der Waals surface area contributed by atoms with Crippen LogP contribution in [0.25, 0.3) is 11.3 Å². The van der Waals surface area contributed by atoms with Gasteiger partial charge in [-0.3, -0.25) is 4.79 Å². The Bertz CT molecular complexity index is 679. The Morgan fingerprint density at radius 2 is 1.83 bits per heavy atom. The van der Waals surface area contributed by atoms with E-state index >= 15 is 0 Å². The number of carbonyl (C=O) groups is 1. The highest BCUT2D eigenvalue weighted by molar-refractivity contribution is 5.99. The minimum Gasteiger partial charge on any atom is -0.355 e. The second-order valence-electron chi connectivity index (χ2n) is 6.13. The van der Waals surface area contributed by atoms with Gasteiger partial charge in [-0.15, -0.1) is 0 Å². The molecule has 1 fully saturated rings. The van der Waals surface area contributed by atoms with Crippen LogP contribution in [0.3, 0.4) is 0 Å². The first-order valence-corrected chi connectivity index (χ1v) is 8.13. The highest BCUT2D eigenvalue weighted by Gasteiger charge is 2.23. The molecular weight excluding hydrogens is 288 g/mol. The summed E-state index contributed by atoms with van der Waals surface area (Å²) in [6.45, 7) is 5.71. The van der Waals surface area contributed by atoms with Gasteiger partial charge in [-0.1, -0.05) is 44.2 Å². The summed E-state index contributed by atoms with van der Waals surface area (Å²) < 4.78 is 0. The molecule has 0 unspecified atom stereocenters. The third-order valence-electron chi connectivity index (χ3n) is 4.05. The fourth-order valence-electron chi connectivity index (χ4n) is 2.74. The van der Waals surface area contributed by atoms with Gasteiger partial charge in [-0.2, -0.15) is 0 Å². The summed E-state index contributed by atoms with van der Waals surface area (Å²) >= 11 is 0. The Morgan fingerprint density at radius 1 is 1.13 bits per heavy atom. The lowest BCUT2D eigenvalue weighted by Crippen LogP contribution is -2.25. The van der Waals surface area contributed by atoms with Gasteiger partial charge in [0.05, 0.1) is 5.69 Å². The maximum atomic E-state index is 12.3. The highest BCUT2D eigenvalue weighted by Crippen LogP contribution is 2.34. The molecule has 0 saturated carbocycles. The first-order valence-electron chi connectivity index (χ1n) is 8.13. The molecule has 120 valence electrons. The number of nitrogens with one attached hydrogen (secondary N) is 1. The van der Waals surface area contributed by atoms with Crippen LogP contribution in [-0.4, -0.2) is 29.0 Å². The molecule has 0 spiro atoms. The Balaban J connectivity index is 2.07. The zero-order valence-electron chi connectivity index (χ0n) is 13.6. The quantitative estimate of drug-likeness (QED) is 0.941. The van der Waals surface area contributed by atoms with E-state index in [9.17, 15) is 4.79 Å². The van der Waals surface area contributed by atoms with Crippen LogP contribution in [0.4, 0.5) is 11.5 Å². The van der Waals surface area contributed by atoms with Crippen LogP contribution in [0, 0.1) is 5.92 Å². The first-order chi connectivity index (χ1) is 11.2. The van der Waals surface area contributed by atoms with E-state index in [1.54, 1.807) is 6.33 Å². The van der Waals surface area contributed by atoms with E-state index in [1.807, 2.05) is 44.2 Å². The smallest absolute Gasteiger partial charge is 0.227 e. The van der Waals surface area contributed by atoms with Crippen molar-refractivity contribution in [2.24, 2.45) is 5.92 Å². The van der Waals surface area contributed by atoms with Crippen LogP contribution >= 0.6 is 0 Å². The molecule has 3 rings (SSSR count). The molecule has 1 aliphatic rings. The summed E-state index contributed by atoms with van der Waals surface area (Å²) in [6, 6.07) is 9.92. The van der Waals surface area contributed by atoms with Gasteiger partial charge in [0.25, 0.3) is 0 Å². The Labute approximate surface area is 136 Å². The summed E-state index contributed by atoms with van der Waals surface area (Å²) in [7, 11) is 0. The molecule has 23 heavy (non-hydrogen) atoms. The van der Waals surface area contributed by atoms with Crippen LogP contribution in [0.1, 0.15) is 26.7 Å². The molecule has 1 amide bonds. The summed E-state index contributed by atoms with van der Waals surface area (Å²) in [5.74, 6) is 0.716. The highest BCUT2D eigenvalue weighted by atomic mass is 16.1. The normalized spacial score (nSPS) is 14.3. The maximum absolute atomic E-state index is 12.3. The molecule has 0 aliphatic carbocycles. The molecule has 2 aromatic rings. The topological polar surface area (TPSA) is 58.1 Å². The minimum atomic E-state index is -0.0924. The van der Waals surface area contributed by atoms with E-state index in [0.29, 0.717) is 0 Å². The number of aromatic nitrogens is 2. The van der Waals surface area contributed by atoms with Gasteiger partial charge in [0.15, 0.2) is 5.82 Å². The second-order valence-corrected chi connectivity index (χ2v) is 6.13. The Morgan fingerprint density at radius 3 is 2.48 bits per heavy atom. The fourth-order valence-corrected chi connectivity index (χ4v) is 2.74. The average Bonchev–Trinajstić information content (AvgIpc) is 3.10. The number of benzene rings is 1. The van der Waals surface area contributed by atoms with E-state index in [4.69, 9.17) is 0 Å². The third kappa shape index (κ3) is 3.33. The number of rotatable bonds is 4. The largest absolute Gasteiger partial charge is 0.355 e. The van der Waals surface area contributed by atoms with E-state index < -0.39 is 0 Å². The SMILES string of the molecule is CC(C)C(=O)Nc1c(-c2ccccc2)ncnc1N1CCCC1. The van der Waals surface area contributed by atoms with E-state index in [-0.39, 0.29) is 11.8 Å². The minimum absolute atomic E-state index is 0.0163. The standard InChI is InChI=1S/C18H22N4O/c1-13(2)18(23)21-16-15(14-8-4-3-5-9-14)19-12-20-17(16)22-10-6-7-11-22/h3-5,8-9,12-13H,6-7,10-11H2,1-2H3,(H,21,23). The van der Waals surface area contributed by atoms with Crippen LogP contribution < -0.4 is 10.2 Å². The molecular formula is C18H22N4O. The lowest BCUT2D eigenvalue weighted by molar-refractivity contribution is -0.118. The van der Waals surface area contributed by atoms with Crippen molar-refractivity contribution in [1.82, 2.24) is 9.97 Å². The van der Waals surface area contributed by atoms with Crippen LogP contribution in [-0.2, 0) is 4.79 Å². The van der Waals surface area contributed by atoms with Gasteiger partial charge in [-0.05, 0) is 12.8 Å². The third-order valence-corrected chi connectivity index (χ3v) is 4.05. The predicted octanol–water partition coefficient (Wildman–Crippen LogP) is 3.34. The molecule has 1 aliphatic heterocycles. The first kappa shape index (κ1) is 15.5. The zero-order chi connectivity index (χ0) is 16.2. The molecule has 1 N–H and O–H groups in total. The molecule has 1 aromatic carbocycles. The lowest BCUT2D eigenvalue weighted by Gasteiger charge is -2.22. The van der Waals surface area contributed by atoms with Gasteiger partial charge < -0.3 is 10.2 Å². The number of hydrogen-bond donors (Lipinski definition) is 1. The molecule has 5 heteroatoms. The van der Waals surface area contributed by atoms with Gasteiger partial charge in [-0.25, -0.2) is 9.97 Å². The number of carbonyl (C=O) groups excluding carboxylic acids is 1. The lowest BCUT2D eigenvalue weighted by atomic mass is 10.1. The Hall–Kier alpha value is -2.43. The van der Waals surface area contributed by atoms with Crippen LogP contribution in [0.5, 0.6) is 0 Å². The van der Waals surface area contributed by atoms with E-state index in [0.717, 1.165) is 48.7 Å². The molecule has 0 radical (unpaired) electrons. The monoisotopic (exact) mass is 310 g/mol. The van der Waals surface area contributed by atoms with Crippen molar-refractivity contribution in [2.45, 2.75) is 26.7 Å². The van der Waals surface area contributed by atoms with E-state index in [1.165, 1.54) is 0 Å². The van der Waals surface area contributed by atoms with Gasteiger partial charge in [0, 0.05) is 24.6 Å². The van der Waals surface area contributed by atoms with Crippen molar-refractivity contribution in [3.05, 3.63) is 36.7 Å². The van der Waals surface area contributed by atoms with Crippen molar-refractivity contribution < 1.29 is 4.79 Å². The summed E-state index contributed by atoms with van der Waals surface area (Å²) in [4.78, 5) is 23.4. The van der Waals surface area contributed by atoms with Crippen molar-refractivity contribution in [2.75, 3.05) is 23.3 Å². The molecule has 5 nitrogen and oxygen atoms in total. The van der Waals surface area contributed by atoms with Crippen molar-refractivity contribution in [3.8, 4) is 11.3 Å². The van der Waals surface area contributed by atoms with Crippen molar-refractivity contribution in [3.63, 3.8) is 0 Å². The Kier molecular flexibility index (Phi) is 4.55. The van der Waals surface area contributed by atoms with Crippen LogP contribution in [0.2, 0.25) is 0 Å². The maximum Gasteiger partial charge on any atom is 0.227 e. The molecule has 1 aromatic heterocycles. The average molecular weight is 310 g/mol. The number of nitrogens with zero attached hydrogens (tertiary/aromatic N) is 3. The molecule has 2 heterocycles. The van der Waals surface area contributed by atoms with E-state index in [2.05, 4.69) is 20.2 Å². The molecule has 0 atom stereocenters. The van der Waals surface area contributed by atoms with Gasteiger partial charge in [0.2, 0.25) is 5.91 Å². The molecule has 0 bridgehead atoms. The second kappa shape index (κ2) is 6.77. The van der Waals surface area contributed by atoms with Crippen LogP contribution in [0.15, 0.2) is 36.7 Å². The van der Waals surface area contributed by atoms with Crippen molar-refractivity contribution >= 4 is 17.4 Å². The van der Waals surface area contributed by atoms with Gasteiger partial charge in [0.1, 0.15) is 12.0 Å². The zero-order valence-corrected chi connectivity index (χ0v) is 13.6. The van der Waals surface area contributed by atoms with Gasteiger partial charge >= 0.3 is 0 Å². The predicted molar refractivity (Wildman–Crippen MR) is 92.4 cm³/mol. The fraction of sp³-hybridized carbons (Fsp3) is 0.389. The number of hydrogen-bond acceptors (Lipinski definition) is 4. The summed E-state index contributed by atoms with van der Waals surface area (Å²) in [5, 5.41) is 3.05. The molecule has 1 saturated heterocycles. The number of anilines is 2. The number of amides is 1.